The van der Waals surface area contributed by atoms with Gasteiger partial charge in [0.1, 0.15) is 11.6 Å². The Morgan fingerprint density at radius 1 is 1.16 bits per heavy atom. The predicted molar refractivity (Wildman–Crippen MR) is 118 cm³/mol. The third-order valence-corrected chi connectivity index (χ3v) is 4.72. The number of hydrogen-bond acceptors (Lipinski definition) is 4. The van der Waals surface area contributed by atoms with Crippen LogP contribution in [0.4, 0.5) is 8.78 Å². The van der Waals surface area contributed by atoms with E-state index in [1.807, 2.05) is 58.0 Å². The van der Waals surface area contributed by atoms with Gasteiger partial charge in [-0.3, -0.25) is 4.79 Å². The van der Waals surface area contributed by atoms with Crippen molar-refractivity contribution in [1.29, 1.82) is 0 Å². The second kappa shape index (κ2) is 11.0. The number of carbonyl (C=O) groups excluding carboxylic acids is 1. The Hall–Kier alpha value is -2.80. The Morgan fingerprint density at radius 2 is 1.84 bits per heavy atom. The lowest BCUT2D eigenvalue weighted by molar-refractivity contribution is -0.153. The zero-order chi connectivity index (χ0) is 23.0. The molecule has 0 aromatic heterocycles. The quantitative estimate of drug-likeness (QED) is 0.659. The maximum Gasteiger partial charge on any atom is 0.246 e. The van der Waals surface area contributed by atoms with E-state index in [0.29, 0.717) is 24.9 Å². The minimum atomic E-state index is -1.26. The molecule has 0 fully saturated rings. The zero-order valence-electron chi connectivity index (χ0n) is 18.6. The summed E-state index contributed by atoms with van der Waals surface area (Å²) in [6.07, 6.45) is 1.15. The summed E-state index contributed by atoms with van der Waals surface area (Å²) >= 11 is 0. The van der Waals surface area contributed by atoms with Gasteiger partial charge in [0.15, 0.2) is 0 Å². The van der Waals surface area contributed by atoms with Gasteiger partial charge in [-0.15, -0.1) is 5.10 Å². The molecule has 0 saturated heterocycles. The molecule has 31 heavy (non-hydrogen) atoms. The van der Waals surface area contributed by atoms with E-state index in [-0.39, 0.29) is 29.7 Å². The molecule has 0 saturated carbocycles. The van der Waals surface area contributed by atoms with Gasteiger partial charge in [-0.2, -0.15) is 5.01 Å². The van der Waals surface area contributed by atoms with Crippen LogP contribution in [0.1, 0.15) is 58.1 Å². The number of hydrogen-bond donors (Lipinski definition) is 1. The highest BCUT2D eigenvalue weighted by atomic mass is 19.1. The molecule has 1 aliphatic rings. The number of carbonyl (C=O) groups is 1. The molecule has 1 aliphatic heterocycles. The maximum absolute atomic E-state index is 14.4. The Balaban J connectivity index is 0.00000166. The number of ether oxygens (including phenoxy) is 1. The summed E-state index contributed by atoms with van der Waals surface area (Å²) in [6, 6.07) is 12.2. The van der Waals surface area contributed by atoms with Crippen LogP contribution in [0.5, 0.6) is 0 Å². The van der Waals surface area contributed by atoms with E-state index in [4.69, 9.17) is 10.5 Å². The molecule has 0 spiro atoms. The Labute approximate surface area is 182 Å². The highest BCUT2D eigenvalue weighted by Gasteiger charge is 2.49. The molecule has 1 unspecified atom stereocenters. The van der Waals surface area contributed by atoms with Crippen LogP contribution in [0, 0.1) is 17.6 Å². The van der Waals surface area contributed by atoms with Crippen molar-refractivity contribution in [3.8, 4) is 0 Å². The van der Waals surface area contributed by atoms with Crippen LogP contribution in [0.2, 0.25) is 0 Å². The molecular formula is C24H31F2N3O2. The van der Waals surface area contributed by atoms with Gasteiger partial charge in [-0.05, 0) is 37.1 Å². The van der Waals surface area contributed by atoms with E-state index in [1.165, 1.54) is 5.01 Å². The van der Waals surface area contributed by atoms with Crippen molar-refractivity contribution in [3.05, 3.63) is 71.3 Å². The lowest BCUT2D eigenvalue weighted by atomic mass is 9.95. The van der Waals surface area contributed by atoms with Crippen molar-refractivity contribution in [2.75, 3.05) is 6.54 Å². The first-order valence-electron chi connectivity index (χ1n) is 10.7. The van der Waals surface area contributed by atoms with E-state index >= 15 is 0 Å². The number of nitrogens with zero attached hydrogens (tertiary/aromatic N) is 2. The molecule has 2 aromatic carbocycles. The van der Waals surface area contributed by atoms with E-state index < -0.39 is 17.4 Å². The fraction of sp³-hybridized carbons (Fsp3) is 0.417. The molecule has 0 radical (unpaired) electrons. The first-order chi connectivity index (χ1) is 14.9. The summed E-state index contributed by atoms with van der Waals surface area (Å²) in [4.78, 5) is 13.1. The average molecular weight is 432 g/mol. The Morgan fingerprint density at radius 3 is 2.45 bits per heavy atom. The van der Waals surface area contributed by atoms with E-state index in [0.717, 1.165) is 18.2 Å². The van der Waals surface area contributed by atoms with E-state index in [2.05, 4.69) is 5.10 Å². The molecule has 2 aromatic rings. The highest BCUT2D eigenvalue weighted by molar-refractivity contribution is 5.97. The number of amides is 1. The van der Waals surface area contributed by atoms with Crippen LogP contribution in [0.25, 0.3) is 0 Å². The summed E-state index contributed by atoms with van der Waals surface area (Å²) in [5, 5.41) is 5.60. The fourth-order valence-corrected chi connectivity index (χ4v) is 3.38. The number of halogens is 2. The molecule has 1 heterocycles. The molecule has 0 aliphatic carbocycles. The Kier molecular flexibility index (Phi) is 8.68. The maximum atomic E-state index is 14.4. The number of hydrazone groups is 1. The van der Waals surface area contributed by atoms with Crippen molar-refractivity contribution in [3.63, 3.8) is 0 Å². The fourth-order valence-electron chi connectivity index (χ4n) is 3.38. The second-order valence-electron chi connectivity index (χ2n) is 7.48. The third kappa shape index (κ3) is 5.47. The molecule has 0 bridgehead atoms. The third-order valence-electron chi connectivity index (χ3n) is 4.72. The summed E-state index contributed by atoms with van der Waals surface area (Å²) in [7, 11) is 0. The highest BCUT2D eigenvalue weighted by Crippen LogP contribution is 2.41. The second-order valence-corrected chi connectivity index (χ2v) is 7.48. The van der Waals surface area contributed by atoms with Gasteiger partial charge in [-0.25, -0.2) is 8.78 Å². The molecule has 2 N–H and O–H groups in total. The van der Waals surface area contributed by atoms with E-state index in [1.54, 1.807) is 0 Å². The SMILES string of the molecule is CC.CC(C)CC(=O)N1N=C(c2cc(F)ccc2F)OC1(CCCN)c1ccccc1. The van der Waals surface area contributed by atoms with Gasteiger partial charge in [0, 0.05) is 18.4 Å². The Bertz CT molecular complexity index is 903. The van der Waals surface area contributed by atoms with Crippen LogP contribution < -0.4 is 5.73 Å². The molecule has 1 amide bonds. The van der Waals surface area contributed by atoms with Crippen molar-refractivity contribution in [2.45, 2.75) is 52.7 Å². The normalized spacial score (nSPS) is 17.7. The lowest BCUT2D eigenvalue weighted by Gasteiger charge is -2.35. The first-order valence-corrected chi connectivity index (χ1v) is 10.7. The number of nitrogens with two attached hydrogens (primary N) is 1. The van der Waals surface area contributed by atoms with Crippen LogP contribution >= 0.6 is 0 Å². The monoisotopic (exact) mass is 431 g/mol. The van der Waals surface area contributed by atoms with Crippen molar-refractivity contribution >= 4 is 11.8 Å². The van der Waals surface area contributed by atoms with Gasteiger partial charge in [-0.1, -0.05) is 58.0 Å². The number of benzene rings is 2. The van der Waals surface area contributed by atoms with Gasteiger partial charge >= 0.3 is 0 Å². The van der Waals surface area contributed by atoms with Gasteiger partial charge in [0.25, 0.3) is 0 Å². The smallest absolute Gasteiger partial charge is 0.246 e. The summed E-state index contributed by atoms with van der Waals surface area (Å²) in [6.45, 7) is 8.24. The molecule has 7 heteroatoms. The van der Waals surface area contributed by atoms with Crippen LogP contribution in [-0.2, 0) is 15.3 Å². The average Bonchev–Trinajstić information content (AvgIpc) is 3.16. The minimum absolute atomic E-state index is 0.0932. The van der Waals surface area contributed by atoms with Gasteiger partial charge in [0.2, 0.25) is 17.5 Å². The molecule has 3 rings (SSSR count). The predicted octanol–water partition coefficient (Wildman–Crippen LogP) is 5.15. The largest absolute Gasteiger partial charge is 0.443 e. The zero-order valence-corrected chi connectivity index (χ0v) is 18.6. The van der Waals surface area contributed by atoms with Crippen LogP contribution in [-0.4, -0.2) is 23.4 Å². The topological polar surface area (TPSA) is 67.9 Å². The van der Waals surface area contributed by atoms with Gasteiger partial charge < -0.3 is 10.5 Å². The van der Waals surface area contributed by atoms with Crippen molar-refractivity contribution < 1.29 is 18.3 Å². The molecule has 5 nitrogen and oxygen atoms in total. The standard InChI is InChI=1S/C22H25F2N3O2.C2H6/c1-15(2)13-20(28)27-22(11-6-12-25,16-7-4-3-5-8-16)29-21(26-27)18-14-17(23)9-10-19(18)24;1-2/h3-5,7-10,14-15H,6,11-13,25H2,1-2H3;1-2H3. The summed E-state index contributed by atoms with van der Waals surface area (Å²) in [5.74, 6) is -1.58. The van der Waals surface area contributed by atoms with Crippen LogP contribution in [0.15, 0.2) is 53.6 Å². The molecular weight excluding hydrogens is 400 g/mol. The minimum Gasteiger partial charge on any atom is -0.443 e. The number of rotatable bonds is 7. The van der Waals surface area contributed by atoms with Crippen molar-refractivity contribution in [1.82, 2.24) is 5.01 Å². The van der Waals surface area contributed by atoms with Crippen LogP contribution in [0.3, 0.4) is 0 Å². The summed E-state index contributed by atoms with van der Waals surface area (Å²) < 4.78 is 34.4. The summed E-state index contributed by atoms with van der Waals surface area (Å²) in [5.41, 5.74) is 5.03. The first kappa shape index (κ1) is 24.5. The molecule has 1 atom stereocenters. The molecule has 168 valence electrons. The van der Waals surface area contributed by atoms with Crippen molar-refractivity contribution in [2.24, 2.45) is 16.8 Å². The van der Waals surface area contributed by atoms with Gasteiger partial charge in [0.05, 0.1) is 5.56 Å². The van der Waals surface area contributed by atoms with E-state index in [9.17, 15) is 13.6 Å². The lowest BCUT2D eigenvalue weighted by Crippen LogP contribution is -2.45.